The maximum atomic E-state index is 13.5. The Morgan fingerprint density at radius 3 is 2.14 bits per heavy atom. The molecular weight excluding hydrogens is 348 g/mol. The summed E-state index contributed by atoms with van der Waals surface area (Å²) in [5.74, 6) is 0.723. The van der Waals surface area contributed by atoms with E-state index in [-0.39, 0.29) is 17.1 Å². The first kappa shape index (κ1) is 16.8. The summed E-state index contributed by atoms with van der Waals surface area (Å²) in [6.45, 7) is 4.11. The first-order chi connectivity index (χ1) is 13.4. The molecule has 0 saturated carbocycles. The van der Waals surface area contributed by atoms with Crippen molar-refractivity contribution in [3.05, 3.63) is 82.4 Å². The third-order valence-corrected chi connectivity index (χ3v) is 6.13. The van der Waals surface area contributed by atoms with Crippen LogP contribution in [0.15, 0.2) is 71.3 Å². The lowest BCUT2D eigenvalue weighted by Gasteiger charge is -2.43. The topological polar surface area (TPSA) is 76.1 Å². The number of allylic oxidation sites excluding steroid dienone is 3. The Kier molecular flexibility index (Phi) is 3.22. The lowest BCUT2D eigenvalue weighted by molar-refractivity contribution is -0.119. The van der Waals surface area contributed by atoms with Crippen LogP contribution in [-0.4, -0.2) is 5.78 Å². The van der Waals surface area contributed by atoms with Gasteiger partial charge in [0.2, 0.25) is 5.88 Å². The van der Waals surface area contributed by atoms with E-state index in [9.17, 15) is 10.1 Å². The zero-order valence-electron chi connectivity index (χ0n) is 15.9. The van der Waals surface area contributed by atoms with Crippen molar-refractivity contribution in [2.75, 3.05) is 0 Å². The van der Waals surface area contributed by atoms with E-state index >= 15 is 0 Å². The summed E-state index contributed by atoms with van der Waals surface area (Å²) >= 11 is 0. The number of hydrogen-bond donors (Lipinski definition) is 1. The second-order valence-electron chi connectivity index (χ2n) is 8.53. The lowest BCUT2D eigenvalue weighted by atomic mass is 9.60. The van der Waals surface area contributed by atoms with Gasteiger partial charge in [0.25, 0.3) is 0 Å². The average Bonchev–Trinajstić information content (AvgIpc) is 2.92. The van der Waals surface area contributed by atoms with Crippen LogP contribution < -0.4 is 5.73 Å². The summed E-state index contributed by atoms with van der Waals surface area (Å²) in [4.78, 5) is 13.5. The van der Waals surface area contributed by atoms with Gasteiger partial charge in [-0.3, -0.25) is 4.79 Å². The Balaban J connectivity index is 1.96. The molecule has 138 valence electrons. The number of carbonyl (C=O) groups is 1. The van der Waals surface area contributed by atoms with Gasteiger partial charge in [0.15, 0.2) is 5.78 Å². The van der Waals surface area contributed by atoms with Gasteiger partial charge in [-0.15, -0.1) is 0 Å². The van der Waals surface area contributed by atoms with E-state index in [1.54, 1.807) is 0 Å². The van der Waals surface area contributed by atoms with E-state index in [1.165, 1.54) is 0 Å². The number of ketones is 1. The number of hydrogen-bond acceptors (Lipinski definition) is 4. The first-order valence-corrected chi connectivity index (χ1v) is 9.44. The smallest absolute Gasteiger partial charge is 0.205 e. The molecule has 4 nitrogen and oxygen atoms in total. The van der Waals surface area contributed by atoms with Gasteiger partial charge in [-0.25, -0.2) is 0 Å². The van der Waals surface area contributed by atoms with E-state index in [2.05, 4.69) is 19.9 Å². The van der Waals surface area contributed by atoms with Gasteiger partial charge >= 0.3 is 0 Å². The minimum Gasteiger partial charge on any atom is -0.444 e. The van der Waals surface area contributed by atoms with Crippen molar-refractivity contribution < 1.29 is 9.53 Å². The Labute approximate surface area is 163 Å². The molecule has 0 saturated heterocycles. The van der Waals surface area contributed by atoms with Crippen molar-refractivity contribution >= 4 is 5.78 Å². The summed E-state index contributed by atoms with van der Waals surface area (Å²) < 4.78 is 5.91. The number of nitrogens with two attached hydrogens (primary N) is 1. The van der Waals surface area contributed by atoms with Crippen molar-refractivity contribution in [2.45, 2.75) is 32.1 Å². The molecule has 0 bridgehead atoms. The summed E-state index contributed by atoms with van der Waals surface area (Å²) in [6.07, 6.45) is 1.03. The second kappa shape index (κ2) is 5.36. The molecule has 2 N–H and O–H groups in total. The molecule has 0 atom stereocenters. The largest absolute Gasteiger partial charge is 0.444 e. The van der Waals surface area contributed by atoms with Gasteiger partial charge in [0.05, 0.1) is 11.0 Å². The molecule has 1 aliphatic heterocycles. The Morgan fingerprint density at radius 2 is 1.57 bits per heavy atom. The van der Waals surface area contributed by atoms with Gasteiger partial charge < -0.3 is 10.5 Å². The Morgan fingerprint density at radius 1 is 1.00 bits per heavy atom. The highest BCUT2D eigenvalue weighted by Gasteiger charge is 2.57. The molecule has 1 spiro atoms. The summed E-state index contributed by atoms with van der Waals surface area (Å²) in [6, 6.07) is 18.2. The maximum Gasteiger partial charge on any atom is 0.205 e. The van der Waals surface area contributed by atoms with Crippen molar-refractivity contribution in [2.24, 2.45) is 11.1 Å². The predicted octanol–water partition coefficient (Wildman–Crippen LogP) is 4.32. The van der Waals surface area contributed by atoms with Gasteiger partial charge in [-0.2, -0.15) is 5.26 Å². The molecule has 0 amide bonds. The minimum atomic E-state index is -0.993. The molecule has 0 fully saturated rings. The van der Waals surface area contributed by atoms with Gasteiger partial charge in [0, 0.05) is 12.8 Å². The monoisotopic (exact) mass is 368 g/mol. The van der Waals surface area contributed by atoms with Crippen molar-refractivity contribution in [3.8, 4) is 17.2 Å². The molecule has 4 heteroatoms. The Bertz CT molecular complexity index is 1120. The highest BCUT2D eigenvalue weighted by atomic mass is 16.5. The summed E-state index contributed by atoms with van der Waals surface area (Å²) in [7, 11) is 0. The van der Waals surface area contributed by atoms with Crippen LogP contribution in [-0.2, 0) is 14.9 Å². The third kappa shape index (κ3) is 1.91. The number of carbonyl (C=O) groups excluding carboxylic acids is 1. The van der Waals surface area contributed by atoms with E-state index in [0.29, 0.717) is 29.7 Å². The number of nitrogens with zero attached hydrogens (tertiary/aromatic N) is 1. The highest BCUT2D eigenvalue weighted by Crippen LogP contribution is 2.61. The van der Waals surface area contributed by atoms with Gasteiger partial charge in [-0.05, 0) is 27.7 Å². The zero-order chi connectivity index (χ0) is 19.7. The number of benzene rings is 2. The SMILES string of the molecule is CC1(C)CC(=O)C2=C(C1)OC(N)=C(C#N)C21c2ccccc2-c2ccccc21. The normalized spacial score (nSPS) is 21.0. The van der Waals surface area contributed by atoms with Crippen LogP contribution in [0.25, 0.3) is 11.1 Å². The van der Waals surface area contributed by atoms with Crippen LogP contribution in [0.2, 0.25) is 0 Å². The lowest BCUT2D eigenvalue weighted by Crippen LogP contribution is -2.43. The summed E-state index contributed by atoms with van der Waals surface area (Å²) in [5, 5.41) is 10.1. The maximum absolute atomic E-state index is 13.5. The van der Waals surface area contributed by atoms with E-state index in [1.807, 2.05) is 48.5 Å². The standard InChI is InChI=1S/C24H20N2O2/c1-23(2)11-19(27)21-20(12-23)28-22(26)18(13-25)24(21)16-9-5-3-7-14(16)15-8-4-6-10-17(15)24/h3-10H,11-12,26H2,1-2H3. The number of nitriles is 1. The van der Waals surface area contributed by atoms with Crippen LogP contribution in [0.3, 0.4) is 0 Å². The van der Waals surface area contributed by atoms with E-state index in [4.69, 9.17) is 10.5 Å². The quantitative estimate of drug-likeness (QED) is 0.751. The molecule has 5 rings (SSSR count). The molecule has 0 aromatic heterocycles. The molecule has 0 unspecified atom stereocenters. The highest BCUT2D eigenvalue weighted by molar-refractivity contribution is 6.05. The molecule has 3 aliphatic rings. The number of Topliss-reactive ketones (excluding diaryl/α,β-unsaturated/α-hetero) is 1. The minimum absolute atomic E-state index is 0.0259. The molecule has 2 aromatic rings. The fraction of sp³-hybridized carbons (Fsp3) is 0.250. The van der Waals surface area contributed by atoms with Gasteiger partial charge in [-0.1, -0.05) is 62.4 Å². The Hall–Kier alpha value is -3.32. The molecule has 1 heterocycles. The molecular formula is C24H20N2O2. The van der Waals surface area contributed by atoms with Crippen LogP contribution in [0.4, 0.5) is 0 Å². The zero-order valence-corrected chi connectivity index (χ0v) is 15.9. The molecule has 28 heavy (non-hydrogen) atoms. The van der Waals surface area contributed by atoms with Crippen molar-refractivity contribution in [3.63, 3.8) is 0 Å². The molecule has 2 aliphatic carbocycles. The fourth-order valence-corrected chi connectivity index (χ4v) is 5.18. The van der Waals surface area contributed by atoms with E-state index < -0.39 is 5.41 Å². The molecule has 0 radical (unpaired) electrons. The first-order valence-electron chi connectivity index (χ1n) is 9.44. The third-order valence-electron chi connectivity index (χ3n) is 6.13. The van der Waals surface area contributed by atoms with Crippen molar-refractivity contribution in [1.29, 1.82) is 5.26 Å². The number of rotatable bonds is 0. The van der Waals surface area contributed by atoms with E-state index in [0.717, 1.165) is 22.3 Å². The molecule has 2 aromatic carbocycles. The summed E-state index contributed by atoms with van der Waals surface area (Å²) in [5.41, 5.74) is 9.89. The average molecular weight is 368 g/mol. The van der Waals surface area contributed by atoms with Crippen LogP contribution in [0, 0.1) is 16.7 Å². The predicted molar refractivity (Wildman–Crippen MR) is 106 cm³/mol. The number of ether oxygens (including phenoxy) is 1. The van der Waals surface area contributed by atoms with Crippen LogP contribution in [0.1, 0.15) is 37.8 Å². The van der Waals surface area contributed by atoms with Crippen LogP contribution >= 0.6 is 0 Å². The second-order valence-corrected chi connectivity index (χ2v) is 8.53. The van der Waals surface area contributed by atoms with Crippen molar-refractivity contribution in [1.82, 2.24) is 0 Å². The van der Waals surface area contributed by atoms with Crippen LogP contribution in [0.5, 0.6) is 0 Å². The van der Waals surface area contributed by atoms with Gasteiger partial charge in [0.1, 0.15) is 17.4 Å². The fourth-order valence-electron chi connectivity index (χ4n) is 5.18. The number of fused-ring (bicyclic) bond motifs is 6.